The zero-order valence-electron chi connectivity index (χ0n) is 8.70. The lowest BCUT2D eigenvalue weighted by Crippen LogP contribution is -2.17. The van der Waals surface area contributed by atoms with Crippen molar-refractivity contribution in [1.29, 1.82) is 0 Å². The molecule has 0 bridgehead atoms. The lowest BCUT2D eigenvalue weighted by atomic mass is 10.1. The molecule has 0 aromatic heterocycles. The summed E-state index contributed by atoms with van der Waals surface area (Å²) in [5.74, 6) is -0.837. The summed E-state index contributed by atoms with van der Waals surface area (Å²) in [5.41, 5.74) is 0.116. The zero-order valence-corrected chi connectivity index (χ0v) is 8.70. The predicted octanol–water partition coefficient (Wildman–Crippen LogP) is 1.90. The molecule has 0 rings (SSSR count). The fourth-order valence-electron chi connectivity index (χ4n) is 1.13. The van der Waals surface area contributed by atoms with Crippen LogP contribution in [0, 0.1) is 10.1 Å². The molecule has 0 aliphatic heterocycles. The van der Waals surface area contributed by atoms with E-state index in [2.05, 4.69) is 4.74 Å². The Hall–Kier alpha value is -1.39. The van der Waals surface area contributed by atoms with Gasteiger partial charge in [0.25, 0.3) is 0 Å². The third kappa shape index (κ3) is 3.16. The average Bonchev–Trinajstić information content (AvgIpc) is 2.13. The molecular weight excluding hydrogens is 186 g/mol. The lowest BCUT2D eigenvalue weighted by Gasteiger charge is -2.03. The second-order valence-electron chi connectivity index (χ2n) is 2.64. The van der Waals surface area contributed by atoms with Gasteiger partial charge in [-0.1, -0.05) is 13.8 Å². The molecule has 14 heavy (non-hydrogen) atoms. The van der Waals surface area contributed by atoms with E-state index in [1.54, 1.807) is 20.8 Å². The lowest BCUT2D eigenvalue weighted by molar-refractivity contribution is -0.422. The van der Waals surface area contributed by atoms with Gasteiger partial charge >= 0.3 is 11.7 Å². The van der Waals surface area contributed by atoms with Gasteiger partial charge in [-0.3, -0.25) is 10.1 Å². The molecule has 5 heteroatoms. The SMILES string of the molecule is CCOC(=O)C(=C(CC)CC)[N+](=O)[O-]. The van der Waals surface area contributed by atoms with E-state index in [4.69, 9.17) is 0 Å². The van der Waals surface area contributed by atoms with E-state index in [-0.39, 0.29) is 6.61 Å². The monoisotopic (exact) mass is 201 g/mol. The van der Waals surface area contributed by atoms with Crippen molar-refractivity contribution < 1.29 is 14.5 Å². The number of nitrogens with zero attached hydrogens (tertiary/aromatic N) is 1. The van der Waals surface area contributed by atoms with Gasteiger partial charge in [0.05, 0.1) is 11.5 Å². The van der Waals surface area contributed by atoms with Gasteiger partial charge in [-0.15, -0.1) is 0 Å². The Labute approximate surface area is 82.9 Å². The first-order valence-electron chi connectivity index (χ1n) is 4.61. The number of hydrogen-bond acceptors (Lipinski definition) is 4. The van der Waals surface area contributed by atoms with E-state index in [0.29, 0.717) is 18.4 Å². The second kappa shape index (κ2) is 6.12. The quantitative estimate of drug-likeness (QED) is 0.295. The van der Waals surface area contributed by atoms with Crippen molar-refractivity contribution in [3.63, 3.8) is 0 Å². The molecule has 0 fully saturated rings. The van der Waals surface area contributed by atoms with Crippen LogP contribution in [0.4, 0.5) is 0 Å². The third-order valence-electron chi connectivity index (χ3n) is 1.84. The van der Waals surface area contributed by atoms with Gasteiger partial charge < -0.3 is 4.74 Å². The maximum Gasteiger partial charge on any atom is 0.409 e. The highest BCUT2D eigenvalue weighted by Gasteiger charge is 2.26. The summed E-state index contributed by atoms with van der Waals surface area (Å²) in [5, 5.41) is 10.6. The number of nitro groups is 1. The minimum Gasteiger partial charge on any atom is -0.458 e. The van der Waals surface area contributed by atoms with Gasteiger partial charge in [-0.25, -0.2) is 4.79 Å². The molecule has 0 saturated carbocycles. The van der Waals surface area contributed by atoms with Gasteiger partial charge in [0.1, 0.15) is 0 Å². The highest BCUT2D eigenvalue weighted by atomic mass is 16.6. The molecule has 0 spiro atoms. The summed E-state index contributed by atoms with van der Waals surface area (Å²) in [6.07, 6.45) is 0.983. The highest BCUT2D eigenvalue weighted by molar-refractivity contribution is 5.86. The first kappa shape index (κ1) is 12.6. The first-order valence-corrected chi connectivity index (χ1v) is 4.61. The standard InChI is InChI=1S/C9H15NO4/c1-4-7(5-2)8(10(12)13)9(11)14-6-3/h4-6H2,1-3H3. The van der Waals surface area contributed by atoms with Gasteiger partial charge in [-0.05, 0) is 19.8 Å². The normalized spacial score (nSPS) is 9.36. The number of rotatable bonds is 5. The van der Waals surface area contributed by atoms with E-state index in [9.17, 15) is 14.9 Å². The topological polar surface area (TPSA) is 69.4 Å². The summed E-state index contributed by atoms with van der Waals surface area (Å²) in [4.78, 5) is 21.2. The minimum absolute atomic E-state index is 0.150. The van der Waals surface area contributed by atoms with Gasteiger partial charge in [-0.2, -0.15) is 0 Å². The Balaban J connectivity index is 5.01. The summed E-state index contributed by atoms with van der Waals surface area (Å²) in [6.45, 7) is 5.33. The predicted molar refractivity (Wildman–Crippen MR) is 51.2 cm³/mol. The third-order valence-corrected chi connectivity index (χ3v) is 1.84. The van der Waals surface area contributed by atoms with Crippen LogP contribution >= 0.6 is 0 Å². The fraction of sp³-hybridized carbons (Fsp3) is 0.667. The molecule has 0 amide bonds. The van der Waals surface area contributed by atoms with E-state index in [1.165, 1.54) is 0 Å². The molecule has 0 saturated heterocycles. The van der Waals surface area contributed by atoms with Crippen molar-refractivity contribution >= 4 is 5.97 Å². The van der Waals surface area contributed by atoms with E-state index in [1.807, 2.05) is 0 Å². The van der Waals surface area contributed by atoms with Crippen LogP contribution in [0.25, 0.3) is 0 Å². The molecule has 5 nitrogen and oxygen atoms in total. The summed E-state index contributed by atoms with van der Waals surface area (Å²) < 4.78 is 4.61. The van der Waals surface area contributed by atoms with Crippen LogP contribution in [0.5, 0.6) is 0 Å². The van der Waals surface area contributed by atoms with Crippen LogP contribution in [0.2, 0.25) is 0 Å². The van der Waals surface area contributed by atoms with Crippen molar-refractivity contribution in [3.8, 4) is 0 Å². The Kier molecular flexibility index (Phi) is 5.52. The van der Waals surface area contributed by atoms with Crippen molar-refractivity contribution in [2.45, 2.75) is 33.6 Å². The van der Waals surface area contributed by atoms with E-state index in [0.717, 1.165) is 0 Å². The average molecular weight is 201 g/mol. The molecule has 0 aromatic carbocycles. The van der Waals surface area contributed by atoms with Crippen LogP contribution in [-0.2, 0) is 9.53 Å². The molecule has 0 aliphatic carbocycles. The summed E-state index contributed by atoms with van der Waals surface area (Å²) in [7, 11) is 0. The molecule has 0 atom stereocenters. The molecule has 0 N–H and O–H groups in total. The molecule has 0 unspecified atom stereocenters. The molecule has 0 aliphatic rings. The number of esters is 1. The number of ether oxygens (including phenoxy) is 1. The van der Waals surface area contributed by atoms with Crippen LogP contribution in [-0.4, -0.2) is 17.5 Å². The summed E-state index contributed by atoms with van der Waals surface area (Å²) >= 11 is 0. The minimum atomic E-state index is -0.837. The number of carbonyl (C=O) groups excluding carboxylic acids is 1. The Morgan fingerprint density at radius 2 is 1.79 bits per heavy atom. The van der Waals surface area contributed by atoms with E-state index >= 15 is 0 Å². The second-order valence-corrected chi connectivity index (χ2v) is 2.64. The van der Waals surface area contributed by atoms with Crippen LogP contribution < -0.4 is 0 Å². The van der Waals surface area contributed by atoms with Crippen molar-refractivity contribution in [2.24, 2.45) is 0 Å². The van der Waals surface area contributed by atoms with Gasteiger partial charge in [0, 0.05) is 5.57 Å². The summed E-state index contributed by atoms with van der Waals surface area (Å²) in [6, 6.07) is 0. The first-order chi connectivity index (χ1) is 6.58. The van der Waals surface area contributed by atoms with Crippen LogP contribution in [0.3, 0.4) is 0 Å². The van der Waals surface area contributed by atoms with Crippen molar-refractivity contribution in [3.05, 3.63) is 21.4 Å². The molecule has 0 aromatic rings. The Morgan fingerprint density at radius 1 is 1.29 bits per heavy atom. The van der Waals surface area contributed by atoms with E-state index < -0.39 is 16.6 Å². The fourth-order valence-corrected chi connectivity index (χ4v) is 1.13. The maximum absolute atomic E-state index is 11.2. The van der Waals surface area contributed by atoms with Crippen molar-refractivity contribution in [2.75, 3.05) is 6.61 Å². The smallest absolute Gasteiger partial charge is 0.409 e. The van der Waals surface area contributed by atoms with Crippen LogP contribution in [0.1, 0.15) is 33.6 Å². The Bertz CT molecular complexity index is 252. The highest BCUT2D eigenvalue weighted by Crippen LogP contribution is 2.14. The van der Waals surface area contributed by atoms with Crippen molar-refractivity contribution in [1.82, 2.24) is 0 Å². The van der Waals surface area contributed by atoms with Crippen LogP contribution in [0.15, 0.2) is 11.3 Å². The maximum atomic E-state index is 11.2. The van der Waals surface area contributed by atoms with Gasteiger partial charge in [0.15, 0.2) is 0 Å². The number of hydrogen-bond donors (Lipinski definition) is 0. The Morgan fingerprint density at radius 3 is 2.07 bits per heavy atom. The number of allylic oxidation sites excluding steroid dienone is 1. The largest absolute Gasteiger partial charge is 0.458 e. The zero-order chi connectivity index (χ0) is 11.1. The molecular formula is C9H15NO4. The molecule has 80 valence electrons. The molecule has 0 radical (unpaired) electrons. The number of carbonyl (C=O) groups is 1. The van der Waals surface area contributed by atoms with Gasteiger partial charge in [0.2, 0.25) is 0 Å². The molecule has 0 heterocycles.